The summed E-state index contributed by atoms with van der Waals surface area (Å²) in [6.07, 6.45) is 2.72. The van der Waals surface area contributed by atoms with Crippen molar-refractivity contribution in [3.8, 4) is 0 Å². The number of piperidine rings is 1. The number of rotatable bonds is 3. The Hall–Kier alpha value is -1.45. The summed E-state index contributed by atoms with van der Waals surface area (Å²) in [6, 6.07) is 0.178. The van der Waals surface area contributed by atoms with Gasteiger partial charge in [0.15, 0.2) is 0 Å². The zero-order valence-corrected chi connectivity index (χ0v) is 15.9. The van der Waals surface area contributed by atoms with E-state index in [4.69, 9.17) is 4.74 Å². The number of ether oxygens (including phenoxy) is 1. The van der Waals surface area contributed by atoms with Crippen LogP contribution in [-0.2, 0) is 14.8 Å². The van der Waals surface area contributed by atoms with Crippen molar-refractivity contribution in [1.29, 1.82) is 0 Å². The molecule has 0 unspecified atom stereocenters. The fourth-order valence-corrected chi connectivity index (χ4v) is 4.62. The van der Waals surface area contributed by atoms with Crippen LogP contribution in [0.3, 0.4) is 0 Å². The molecule has 0 bridgehead atoms. The van der Waals surface area contributed by atoms with Gasteiger partial charge in [0.25, 0.3) is 5.91 Å². The summed E-state index contributed by atoms with van der Waals surface area (Å²) in [5, 5.41) is 0. The van der Waals surface area contributed by atoms with E-state index in [1.807, 2.05) is 13.8 Å². The molecule has 2 aliphatic heterocycles. The van der Waals surface area contributed by atoms with Gasteiger partial charge in [0, 0.05) is 37.9 Å². The number of hydrogen-bond acceptors (Lipinski definition) is 5. The highest BCUT2D eigenvalue weighted by molar-refractivity contribution is 7.88. The lowest BCUT2D eigenvalue weighted by atomic mass is 10.1. The van der Waals surface area contributed by atoms with E-state index >= 15 is 0 Å². The van der Waals surface area contributed by atoms with Gasteiger partial charge in [-0.1, -0.05) is 0 Å². The Bertz CT molecular complexity index is 744. The van der Waals surface area contributed by atoms with Crippen molar-refractivity contribution in [3.63, 3.8) is 0 Å². The van der Waals surface area contributed by atoms with E-state index in [2.05, 4.69) is 9.55 Å². The lowest BCUT2D eigenvalue weighted by molar-refractivity contribution is 0.0298. The molecular formula is C16H26N4O4S. The smallest absolute Gasteiger partial charge is 0.274 e. The van der Waals surface area contributed by atoms with E-state index in [1.54, 1.807) is 4.90 Å². The van der Waals surface area contributed by atoms with Crippen LogP contribution in [0.15, 0.2) is 0 Å². The maximum absolute atomic E-state index is 12.8. The second-order valence-corrected chi connectivity index (χ2v) is 8.74. The first-order valence-corrected chi connectivity index (χ1v) is 10.5. The van der Waals surface area contributed by atoms with Crippen LogP contribution in [0, 0.1) is 13.8 Å². The Morgan fingerprint density at radius 1 is 1.12 bits per heavy atom. The highest BCUT2D eigenvalue weighted by atomic mass is 32.2. The van der Waals surface area contributed by atoms with Crippen LogP contribution < -0.4 is 0 Å². The molecule has 25 heavy (non-hydrogen) atoms. The predicted octanol–water partition coefficient (Wildman–Crippen LogP) is 0.569. The molecule has 8 nitrogen and oxygen atoms in total. The summed E-state index contributed by atoms with van der Waals surface area (Å²) >= 11 is 0. The molecule has 2 saturated heterocycles. The molecule has 2 aliphatic rings. The number of sulfonamides is 1. The number of imidazole rings is 1. The van der Waals surface area contributed by atoms with Crippen molar-refractivity contribution in [3.05, 3.63) is 17.2 Å². The number of aryl methyl sites for hydroxylation is 1. The van der Waals surface area contributed by atoms with Gasteiger partial charge in [0.2, 0.25) is 10.0 Å². The third-order valence-corrected chi connectivity index (χ3v) is 6.39. The van der Waals surface area contributed by atoms with Gasteiger partial charge in [-0.05, 0) is 26.7 Å². The van der Waals surface area contributed by atoms with E-state index in [-0.39, 0.29) is 11.9 Å². The molecular weight excluding hydrogens is 344 g/mol. The number of morpholine rings is 1. The number of carbonyl (C=O) groups excluding carboxylic acids is 1. The minimum atomic E-state index is -3.14. The standard InChI is InChI=1S/C16H26N4O4S/c1-12-15(16(21)18-8-10-24-11-9-18)17-13(2)20(12)14-4-6-19(7-5-14)25(3,22)23/h14H,4-11H2,1-3H3. The van der Waals surface area contributed by atoms with Gasteiger partial charge < -0.3 is 14.2 Å². The second kappa shape index (κ2) is 7.05. The lowest BCUT2D eigenvalue weighted by Gasteiger charge is -2.32. The number of nitrogens with zero attached hydrogens (tertiary/aromatic N) is 4. The van der Waals surface area contributed by atoms with Crippen molar-refractivity contribution in [2.24, 2.45) is 0 Å². The van der Waals surface area contributed by atoms with Gasteiger partial charge in [-0.15, -0.1) is 0 Å². The van der Waals surface area contributed by atoms with Gasteiger partial charge in [0.05, 0.1) is 19.5 Å². The van der Waals surface area contributed by atoms with E-state index in [0.29, 0.717) is 45.1 Å². The van der Waals surface area contributed by atoms with E-state index in [9.17, 15) is 13.2 Å². The minimum absolute atomic E-state index is 0.0452. The first kappa shape index (κ1) is 18.3. The highest BCUT2D eigenvalue weighted by Gasteiger charge is 2.30. The topological polar surface area (TPSA) is 84.7 Å². The molecule has 1 aromatic rings. The maximum Gasteiger partial charge on any atom is 0.274 e. The van der Waals surface area contributed by atoms with E-state index in [0.717, 1.165) is 24.4 Å². The fourth-order valence-electron chi connectivity index (χ4n) is 3.74. The predicted molar refractivity (Wildman–Crippen MR) is 93.1 cm³/mol. The molecule has 2 fully saturated rings. The summed E-state index contributed by atoms with van der Waals surface area (Å²) in [4.78, 5) is 19.1. The van der Waals surface area contributed by atoms with Crippen molar-refractivity contribution in [1.82, 2.24) is 18.8 Å². The first-order valence-electron chi connectivity index (χ1n) is 8.66. The Morgan fingerprint density at radius 3 is 2.28 bits per heavy atom. The van der Waals surface area contributed by atoms with Gasteiger partial charge in [0.1, 0.15) is 11.5 Å². The quantitative estimate of drug-likeness (QED) is 0.777. The Labute approximate surface area is 148 Å². The molecule has 3 heterocycles. The maximum atomic E-state index is 12.8. The van der Waals surface area contributed by atoms with Gasteiger partial charge in [-0.3, -0.25) is 4.79 Å². The van der Waals surface area contributed by atoms with Crippen LogP contribution in [0.5, 0.6) is 0 Å². The highest BCUT2D eigenvalue weighted by Crippen LogP contribution is 2.28. The molecule has 0 aromatic carbocycles. The van der Waals surface area contributed by atoms with Crippen LogP contribution >= 0.6 is 0 Å². The molecule has 0 N–H and O–H groups in total. The van der Waals surface area contributed by atoms with Gasteiger partial charge in [-0.25, -0.2) is 17.7 Å². The molecule has 1 amide bonds. The Morgan fingerprint density at radius 2 is 1.72 bits per heavy atom. The Balaban J connectivity index is 1.77. The van der Waals surface area contributed by atoms with E-state index in [1.165, 1.54) is 10.6 Å². The third-order valence-electron chi connectivity index (χ3n) is 5.08. The summed E-state index contributed by atoms with van der Waals surface area (Å²) in [5.74, 6) is 0.767. The number of amides is 1. The largest absolute Gasteiger partial charge is 0.378 e. The molecule has 0 spiro atoms. The number of aromatic nitrogens is 2. The van der Waals surface area contributed by atoms with Gasteiger partial charge >= 0.3 is 0 Å². The summed E-state index contributed by atoms with van der Waals surface area (Å²) in [6.45, 7) is 7.17. The number of carbonyl (C=O) groups is 1. The minimum Gasteiger partial charge on any atom is -0.378 e. The van der Waals surface area contributed by atoms with Crippen molar-refractivity contribution >= 4 is 15.9 Å². The third kappa shape index (κ3) is 3.73. The van der Waals surface area contributed by atoms with Crippen LogP contribution in [0.25, 0.3) is 0 Å². The fraction of sp³-hybridized carbons (Fsp3) is 0.750. The lowest BCUT2D eigenvalue weighted by Crippen LogP contribution is -2.41. The van der Waals surface area contributed by atoms with Crippen LogP contribution in [-0.4, -0.2) is 78.7 Å². The zero-order chi connectivity index (χ0) is 18.2. The monoisotopic (exact) mass is 370 g/mol. The molecule has 3 rings (SSSR count). The second-order valence-electron chi connectivity index (χ2n) is 6.76. The molecule has 9 heteroatoms. The number of hydrogen-bond donors (Lipinski definition) is 0. The first-order chi connectivity index (χ1) is 11.8. The Kier molecular flexibility index (Phi) is 5.17. The average molecular weight is 370 g/mol. The molecule has 140 valence electrons. The van der Waals surface area contributed by atoms with Crippen LogP contribution in [0.2, 0.25) is 0 Å². The van der Waals surface area contributed by atoms with Crippen molar-refractivity contribution in [2.75, 3.05) is 45.6 Å². The normalized spacial score (nSPS) is 20.8. The molecule has 1 aromatic heterocycles. The van der Waals surface area contributed by atoms with Crippen LogP contribution in [0.4, 0.5) is 0 Å². The van der Waals surface area contributed by atoms with Crippen molar-refractivity contribution < 1.29 is 17.9 Å². The molecule has 0 atom stereocenters. The molecule has 0 aliphatic carbocycles. The van der Waals surface area contributed by atoms with Gasteiger partial charge in [-0.2, -0.15) is 0 Å². The van der Waals surface area contributed by atoms with E-state index < -0.39 is 10.0 Å². The van der Waals surface area contributed by atoms with Crippen LogP contribution in [0.1, 0.15) is 40.9 Å². The molecule has 0 saturated carbocycles. The zero-order valence-electron chi connectivity index (χ0n) is 15.1. The summed E-state index contributed by atoms with van der Waals surface area (Å²) in [5.41, 5.74) is 1.37. The van der Waals surface area contributed by atoms with Crippen molar-refractivity contribution in [2.45, 2.75) is 32.7 Å². The summed E-state index contributed by atoms with van der Waals surface area (Å²) in [7, 11) is -3.14. The molecule has 0 radical (unpaired) electrons. The average Bonchev–Trinajstić information content (AvgIpc) is 2.89. The summed E-state index contributed by atoms with van der Waals surface area (Å²) < 4.78 is 32.3. The SMILES string of the molecule is Cc1nc(C(=O)N2CCOCC2)c(C)n1C1CCN(S(C)(=O)=O)CC1.